The molecule has 8 heteroatoms. The fraction of sp³-hybridized carbons (Fsp3) is 0.440. The van der Waals surface area contributed by atoms with Crippen molar-refractivity contribution >= 4 is 17.8 Å². The van der Waals surface area contributed by atoms with Gasteiger partial charge in [0.25, 0.3) is 0 Å². The van der Waals surface area contributed by atoms with E-state index < -0.39 is 11.9 Å². The number of unbranched alkanes of at least 4 members (excludes halogenated alkanes) is 1. The lowest BCUT2D eigenvalue weighted by molar-refractivity contribution is -0.159. The highest BCUT2D eigenvalue weighted by Gasteiger charge is 2.28. The zero-order valence-electron chi connectivity index (χ0n) is 19.1. The normalized spacial score (nSPS) is 14.1. The molecule has 2 heterocycles. The average Bonchev–Trinajstić information content (AvgIpc) is 2.83. The van der Waals surface area contributed by atoms with Gasteiger partial charge in [0.1, 0.15) is 0 Å². The minimum absolute atomic E-state index is 0.158. The van der Waals surface area contributed by atoms with Crippen molar-refractivity contribution in [3.63, 3.8) is 0 Å². The van der Waals surface area contributed by atoms with Gasteiger partial charge in [-0.1, -0.05) is 49.7 Å². The molecule has 1 aromatic heterocycles. The Morgan fingerprint density at radius 2 is 1.64 bits per heavy atom. The molecule has 33 heavy (non-hydrogen) atoms. The van der Waals surface area contributed by atoms with E-state index in [0.717, 1.165) is 64.1 Å². The van der Waals surface area contributed by atoms with Crippen LogP contribution < -0.4 is 0 Å². The summed E-state index contributed by atoms with van der Waals surface area (Å²) in [7, 11) is 0. The molecule has 0 saturated carbocycles. The van der Waals surface area contributed by atoms with Gasteiger partial charge in [0.2, 0.25) is 5.91 Å². The SMILES string of the molecule is CCCCN(Cc1ccccc1)C(=O)C1CCN(Cc2ccccn2)CC1.O=C(O)C(=O)O. The Labute approximate surface area is 194 Å². The predicted molar refractivity (Wildman–Crippen MR) is 124 cm³/mol. The number of amides is 1. The average molecular weight is 456 g/mol. The van der Waals surface area contributed by atoms with Crippen LogP contribution in [0.1, 0.15) is 43.9 Å². The molecule has 0 bridgehead atoms. The number of carboxylic acids is 2. The van der Waals surface area contributed by atoms with Gasteiger partial charge in [-0.25, -0.2) is 9.59 Å². The van der Waals surface area contributed by atoms with Gasteiger partial charge in [-0.15, -0.1) is 0 Å². The van der Waals surface area contributed by atoms with Crippen LogP contribution in [-0.2, 0) is 27.5 Å². The van der Waals surface area contributed by atoms with Crippen LogP contribution >= 0.6 is 0 Å². The number of benzene rings is 1. The second-order valence-electron chi connectivity index (χ2n) is 8.08. The van der Waals surface area contributed by atoms with Gasteiger partial charge >= 0.3 is 11.9 Å². The van der Waals surface area contributed by atoms with Crippen molar-refractivity contribution in [2.24, 2.45) is 5.92 Å². The molecule has 0 aliphatic carbocycles. The van der Waals surface area contributed by atoms with Gasteiger partial charge in [-0.2, -0.15) is 0 Å². The van der Waals surface area contributed by atoms with Gasteiger partial charge in [0, 0.05) is 31.7 Å². The molecule has 1 aromatic carbocycles. The third-order valence-electron chi connectivity index (χ3n) is 5.54. The molecule has 1 saturated heterocycles. The molecule has 1 fully saturated rings. The molecule has 2 aromatic rings. The molecule has 1 aliphatic heterocycles. The maximum atomic E-state index is 13.2. The molecule has 1 amide bonds. The smallest absolute Gasteiger partial charge is 0.414 e. The molecule has 178 valence electrons. The number of carboxylic acid groups (broad SMARTS) is 2. The molecule has 0 spiro atoms. The third kappa shape index (κ3) is 9.41. The zero-order valence-corrected chi connectivity index (χ0v) is 19.1. The lowest BCUT2D eigenvalue weighted by Gasteiger charge is -2.34. The van der Waals surface area contributed by atoms with Crippen LogP contribution in [0, 0.1) is 5.92 Å². The van der Waals surface area contributed by atoms with E-state index in [4.69, 9.17) is 19.8 Å². The van der Waals surface area contributed by atoms with Crippen LogP contribution in [0.25, 0.3) is 0 Å². The summed E-state index contributed by atoms with van der Waals surface area (Å²) in [5.41, 5.74) is 2.32. The summed E-state index contributed by atoms with van der Waals surface area (Å²) in [4.78, 5) is 40.3. The van der Waals surface area contributed by atoms with Crippen molar-refractivity contribution in [3.05, 3.63) is 66.0 Å². The lowest BCUT2D eigenvalue weighted by atomic mass is 9.94. The molecule has 8 nitrogen and oxygen atoms in total. The molecule has 0 unspecified atom stereocenters. The van der Waals surface area contributed by atoms with E-state index in [1.165, 1.54) is 5.56 Å². The van der Waals surface area contributed by atoms with E-state index in [2.05, 4.69) is 39.9 Å². The summed E-state index contributed by atoms with van der Waals surface area (Å²) in [6.07, 6.45) is 5.92. The van der Waals surface area contributed by atoms with Crippen LogP contribution in [0.5, 0.6) is 0 Å². The first-order valence-electron chi connectivity index (χ1n) is 11.3. The number of carbonyl (C=O) groups excluding carboxylic acids is 1. The summed E-state index contributed by atoms with van der Waals surface area (Å²) >= 11 is 0. The summed E-state index contributed by atoms with van der Waals surface area (Å²) in [5.74, 6) is -3.15. The highest BCUT2D eigenvalue weighted by molar-refractivity contribution is 6.27. The molecular weight excluding hydrogens is 422 g/mol. The number of aromatic nitrogens is 1. The summed E-state index contributed by atoms with van der Waals surface area (Å²) in [5, 5.41) is 14.8. The van der Waals surface area contributed by atoms with Crippen molar-refractivity contribution < 1.29 is 24.6 Å². The number of carbonyl (C=O) groups is 3. The van der Waals surface area contributed by atoms with Crippen molar-refractivity contribution in [3.8, 4) is 0 Å². The number of nitrogens with zero attached hydrogens (tertiary/aromatic N) is 3. The van der Waals surface area contributed by atoms with Crippen molar-refractivity contribution in [2.75, 3.05) is 19.6 Å². The number of aliphatic carboxylic acids is 2. The van der Waals surface area contributed by atoms with Crippen LogP contribution in [-0.4, -0.2) is 62.5 Å². The lowest BCUT2D eigenvalue weighted by Crippen LogP contribution is -2.42. The summed E-state index contributed by atoms with van der Waals surface area (Å²) in [6, 6.07) is 16.4. The van der Waals surface area contributed by atoms with Gasteiger partial charge in [-0.05, 0) is 50.0 Å². The summed E-state index contributed by atoms with van der Waals surface area (Å²) in [6.45, 7) is 6.60. The number of hydrogen-bond donors (Lipinski definition) is 2. The molecular formula is C25H33N3O5. The van der Waals surface area contributed by atoms with Crippen LogP contribution in [0.15, 0.2) is 54.7 Å². The minimum Gasteiger partial charge on any atom is -0.473 e. The van der Waals surface area contributed by atoms with Crippen LogP contribution in [0.3, 0.4) is 0 Å². The Morgan fingerprint density at radius 1 is 1.00 bits per heavy atom. The second kappa shape index (κ2) is 14.0. The number of piperidine rings is 1. The van der Waals surface area contributed by atoms with Crippen LogP contribution in [0.2, 0.25) is 0 Å². The largest absolute Gasteiger partial charge is 0.473 e. The predicted octanol–water partition coefficient (Wildman–Crippen LogP) is 3.28. The molecule has 3 rings (SSSR count). The Balaban J connectivity index is 0.000000569. The topological polar surface area (TPSA) is 111 Å². The Bertz CT molecular complexity index is 856. The number of rotatable bonds is 8. The van der Waals surface area contributed by atoms with E-state index in [9.17, 15) is 4.79 Å². The summed E-state index contributed by atoms with van der Waals surface area (Å²) < 4.78 is 0. The number of pyridine rings is 1. The van der Waals surface area contributed by atoms with E-state index in [1.807, 2.05) is 36.5 Å². The molecule has 1 aliphatic rings. The quantitative estimate of drug-likeness (QED) is 0.588. The van der Waals surface area contributed by atoms with Gasteiger partial charge < -0.3 is 15.1 Å². The Kier molecular flexibility index (Phi) is 11.0. The van der Waals surface area contributed by atoms with E-state index >= 15 is 0 Å². The highest BCUT2D eigenvalue weighted by atomic mass is 16.4. The van der Waals surface area contributed by atoms with Gasteiger partial charge in [0.05, 0.1) is 5.69 Å². The maximum absolute atomic E-state index is 13.2. The van der Waals surface area contributed by atoms with Crippen molar-refractivity contribution in [2.45, 2.75) is 45.7 Å². The van der Waals surface area contributed by atoms with Gasteiger partial charge in [0.15, 0.2) is 0 Å². The standard InChI is InChI=1S/C23H31N3O.C2H2O4/c1-2-3-15-26(18-20-9-5-4-6-10-20)23(27)21-12-16-25(17-13-21)19-22-11-7-8-14-24-22;3-1(4)2(5)6/h4-11,14,21H,2-3,12-13,15-19H2,1H3;(H,3,4)(H,5,6). The fourth-order valence-corrected chi connectivity index (χ4v) is 3.74. The van der Waals surface area contributed by atoms with E-state index in [-0.39, 0.29) is 5.92 Å². The number of hydrogen-bond acceptors (Lipinski definition) is 5. The number of likely N-dealkylation sites (tertiary alicyclic amines) is 1. The third-order valence-corrected chi connectivity index (χ3v) is 5.54. The maximum Gasteiger partial charge on any atom is 0.414 e. The van der Waals surface area contributed by atoms with E-state index in [1.54, 1.807) is 0 Å². The minimum atomic E-state index is -1.82. The Hall–Kier alpha value is -3.26. The fourth-order valence-electron chi connectivity index (χ4n) is 3.74. The molecule has 0 radical (unpaired) electrons. The highest BCUT2D eigenvalue weighted by Crippen LogP contribution is 2.22. The van der Waals surface area contributed by atoms with E-state index in [0.29, 0.717) is 5.91 Å². The first kappa shape index (κ1) is 26.0. The van der Waals surface area contributed by atoms with Gasteiger partial charge in [-0.3, -0.25) is 14.7 Å². The first-order chi connectivity index (χ1) is 15.9. The first-order valence-corrected chi connectivity index (χ1v) is 11.3. The van der Waals surface area contributed by atoms with Crippen molar-refractivity contribution in [1.82, 2.24) is 14.8 Å². The molecule has 2 N–H and O–H groups in total. The molecule has 0 atom stereocenters. The van der Waals surface area contributed by atoms with Crippen LogP contribution in [0.4, 0.5) is 0 Å². The second-order valence-corrected chi connectivity index (χ2v) is 8.08. The van der Waals surface area contributed by atoms with Crippen molar-refractivity contribution in [1.29, 1.82) is 0 Å². The Morgan fingerprint density at radius 3 is 2.18 bits per heavy atom. The zero-order chi connectivity index (χ0) is 24.1. The monoisotopic (exact) mass is 455 g/mol.